The number of hydrogen-bond acceptors (Lipinski definition) is 12. The van der Waals surface area contributed by atoms with E-state index in [1.807, 2.05) is 13.8 Å². The number of benzene rings is 1. The lowest BCUT2D eigenvalue weighted by Gasteiger charge is -2.32. The van der Waals surface area contributed by atoms with Crippen LogP contribution in [0, 0.1) is 23.6 Å². The van der Waals surface area contributed by atoms with Gasteiger partial charge in [-0.15, -0.1) is 0 Å². The van der Waals surface area contributed by atoms with Gasteiger partial charge in [0.2, 0.25) is 17.7 Å². The molecule has 1 saturated carbocycles. The van der Waals surface area contributed by atoms with Crippen LogP contribution in [0.2, 0.25) is 0 Å². The van der Waals surface area contributed by atoms with Crippen LogP contribution in [0.3, 0.4) is 0 Å². The minimum atomic E-state index is -4.85. The van der Waals surface area contributed by atoms with Gasteiger partial charge in [-0.25, -0.2) is 27.4 Å². The zero-order chi connectivity index (χ0) is 43.2. The molecule has 0 bridgehead atoms. The Balaban J connectivity index is 1.98. The summed E-state index contributed by atoms with van der Waals surface area (Å²) in [5.74, 6) is -10.2. The standard InChI is InChI=1S/C39H55FN8O9S/c1-6-24(5)33(46-34(50)29(18-23(3)4)44-35(51)31-22-42-16-17-43-31)36(52)45-30(19-25-12-9-8-10-13-25)38(54)48(32(49)21-27(41)7-2)39(55)37(53)47-58(56,57)28-15-11-14-26(40)20-28/h11,14-17,20,22-25,27,29-30,33H,6-10,12-13,18-19,21,41H2,1-5H3,(H,44,51)(H,45,52)(H,46,50)(H,47,53)/t24-,27-,29-,30-,33-/m0/s1. The number of nitrogens with two attached hydrogens (primary N) is 1. The Morgan fingerprint density at radius 3 is 2.19 bits per heavy atom. The number of aromatic nitrogens is 2. The van der Waals surface area contributed by atoms with E-state index in [0.717, 1.165) is 37.5 Å². The van der Waals surface area contributed by atoms with E-state index < -0.39 is 98.6 Å². The zero-order valence-corrected chi connectivity index (χ0v) is 34.3. The average Bonchev–Trinajstić information content (AvgIpc) is 3.19. The van der Waals surface area contributed by atoms with Crippen LogP contribution in [0.4, 0.5) is 4.39 Å². The third kappa shape index (κ3) is 13.7. The third-order valence-electron chi connectivity index (χ3n) is 9.99. The molecule has 0 aliphatic heterocycles. The first kappa shape index (κ1) is 47.2. The summed E-state index contributed by atoms with van der Waals surface area (Å²) >= 11 is 0. The molecule has 6 N–H and O–H groups in total. The van der Waals surface area contributed by atoms with E-state index in [9.17, 15) is 46.4 Å². The quantitative estimate of drug-likeness (QED) is 0.136. The van der Waals surface area contributed by atoms with Crippen LogP contribution in [0.25, 0.3) is 0 Å². The predicted octanol–water partition coefficient (Wildman–Crippen LogP) is 2.26. The van der Waals surface area contributed by atoms with E-state index >= 15 is 0 Å². The fourth-order valence-corrected chi connectivity index (χ4v) is 7.43. The molecule has 1 aliphatic rings. The van der Waals surface area contributed by atoms with Gasteiger partial charge in [0.1, 0.15) is 29.6 Å². The molecule has 318 valence electrons. The van der Waals surface area contributed by atoms with Crippen molar-refractivity contribution < 1.29 is 46.4 Å². The Hall–Kier alpha value is -5.17. The molecule has 19 heteroatoms. The van der Waals surface area contributed by atoms with E-state index in [1.54, 1.807) is 20.8 Å². The summed E-state index contributed by atoms with van der Waals surface area (Å²) in [4.78, 5) is 103. The van der Waals surface area contributed by atoms with Crippen molar-refractivity contribution in [2.75, 3.05) is 0 Å². The normalized spacial score (nSPS) is 15.9. The van der Waals surface area contributed by atoms with E-state index in [2.05, 4.69) is 25.9 Å². The maximum Gasteiger partial charge on any atom is 0.326 e. The summed E-state index contributed by atoms with van der Waals surface area (Å²) in [5, 5.41) is 7.99. The number of imide groups is 3. The van der Waals surface area contributed by atoms with Gasteiger partial charge in [-0.1, -0.05) is 79.2 Å². The van der Waals surface area contributed by atoms with Crippen molar-refractivity contribution in [1.82, 2.24) is 35.5 Å². The lowest BCUT2D eigenvalue weighted by molar-refractivity contribution is -0.160. The van der Waals surface area contributed by atoms with Gasteiger partial charge in [0.05, 0.1) is 11.1 Å². The minimum absolute atomic E-state index is 0.00274. The van der Waals surface area contributed by atoms with Crippen LogP contribution in [-0.2, 0) is 38.8 Å². The lowest BCUT2D eigenvalue weighted by atomic mass is 9.84. The van der Waals surface area contributed by atoms with Gasteiger partial charge in [0.25, 0.3) is 21.8 Å². The first-order chi connectivity index (χ1) is 27.4. The number of carbonyl (C=O) groups is 7. The van der Waals surface area contributed by atoms with E-state index in [0.29, 0.717) is 25.3 Å². The highest BCUT2D eigenvalue weighted by Crippen LogP contribution is 2.28. The van der Waals surface area contributed by atoms with Gasteiger partial charge in [0, 0.05) is 24.9 Å². The van der Waals surface area contributed by atoms with Crippen molar-refractivity contribution in [3.63, 3.8) is 0 Å². The molecule has 1 heterocycles. The molecule has 58 heavy (non-hydrogen) atoms. The van der Waals surface area contributed by atoms with Crippen LogP contribution < -0.4 is 26.4 Å². The fourth-order valence-electron chi connectivity index (χ4n) is 6.46. The summed E-state index contributed by atoms with van der Waals surface area (Å²) < 4.78 is 41.2. The van der Waals surface area contributed by atoms with Gasteiger partial charge >= 0.3 is 11.8 Å². The zero-order valence-electron chi connectivity index (χ0n) is 33.5. The van der Waals surface area contributed by atoms with Crippen molar-refractivity contribution in [2.24, 2.45) is 23.5 Å². The maximum absolute atomic E-state index is 14.5. The number of halogens is 1. The first-order valence-corrected chi connectivity index (χ1v) is 21.0. The smallest absolute Gasteiger partial charge is 0.326 e. The SMILES string of the molecule is CC[C@H](N)CC(=O)N(C(=O)C(=O)NS(=O)(=O)c1cccc(F)c1)C(=O)[C@H](CC1CCCCC1)NC(=O)[C@@H](NC(=O)[C@H](CC(C)C)NC(=O)c1cnccn1)[C@@H](C)CC. The second-order valence-electron chi connectivity index (χ2n) is 15.1. The summed E-state index contributed by atoms with van der Waals surface area (Å²) in [6.07, 6.45) is 7.96. The average molecular weight is 831 g/mol. The number of sulfonamides is 1. The van der Waals surface area contributed by atoms with Crippen LogP contribution >= 0.6 is 0 Å². The van der Waals surface area contributed by atoms with Crippen molar-refractivity contribution >= 4 is 51.4 Å². The highest BCUT2D eigenvalue weighted by molar-refractivity contribution is 7.90. The third-order valence-corrected chi connectivity index (χ3v) is 11.3. The Morgan fingerprint density at radius 2 is 1.60 bits per heavy atom. The largest absolute Gasteiger partial charge is 0.342 e. The second kappa shape index (κ2) is 22.1. The van der Waals surface area contributed by atoms with Crippen molar-refractivity contribution in [3.05, 3.63) is 54.4 Å². The Labute approximate surface area is 338 Å². The molecular formula is C39H55FN8O9S. The molecule has 1 fully saturated rings. The Kier molecular flexibility index (Phi) is 18.0. The van der Waals surface area contributed by atoms with E-state index in [4.69, 9.17) is 5.73 Å². The molecule has 7 amide bonds. The molecule has 2 aromatic rings. The number of carbonyl (C=O) groups excluding carboxylic acids is 7. The van der Waals surface area contributed by atoms with Crippen molar-refractivity contribution in [2.45, 2.75) is 128 Å². The van der Waals surface area contributed by atoms with Gasteiger partial charge in [-0.05, 0) is 55.2 Å². The minimum Gasteiger partial charge on any atom is -0.342 e. The van der Waals surface area contributed by atoms with Crippen LogP contribution in [0.15, 0.2) is 47.8 Å². The van der Waals surface area contributed by atoms with Gasteiger partial charge in [-0.3, -0.25) is 38.5 Å². The maximum atomic E-state index is 14.5. The molecule has 0 spiro atoms. The predicted molar refractivity (Wildman–Crippen MR) is 209 cm³/mol. The van der Waals surface area contributed by atoms with Crippen molar-refractivity contribution in [3.8, 4) is 0 Å². The molecule has 1 aliphatic carbocycles. The molecule has 0 radical (unpaired) electrons. The van der Waals surface area contributed by atoms with Gasteiger partial charge < -0.3 is 21.7 Å². The topological polar surface area (TPSA) is 257 Å². The Morgan fingerprint density at radius 1 is 0.914 bits per heavy atom. The summed E-state index contributed by atoms with van der Waals surface area (Å²) in [5.41, 5.74) is 5.96. The molecule has 5 atom stereocenters. The number of rotatable bonds is 18. The summed E-state index contributed by atoms with van der Waals surface area (Å²) in [6.45, 7) is 8.79. The summed E-state index contributed by atoms with van der Waals surface area (Å²) in [7, 11) is -4.85. The fraction of sp³-hybridized carbons (Fsp3) is 0.564. The first-order valence-electron chi connectivity index (χ1n) is 19.5. The van der Waals surface area contributed by atoms with Crippen molar-refractivity contribution in [1.29, 1.82) is 0 Å². The number of hydrogen-bond donors (Lipinski definition) is 5. The highest BCUT2D eigenvalue weighted by Gasteiger charge is 2.41. The Bertz CT molecular complexity index is 1890. The summed E-state index contributed by atoms with van der Waals surface area (Å²) in [6, 6.07) is -1.25. The van der Waals surface area contributed by atoms with Crippen LogP contribution in [-0.4, -0.2) is 88.8 Å². The van der Waals surface area contributed by atoms with Crippen LogP contribution in [0.1, 0.15) is 109 Å². The molecule has 17 nitrogen and oxygen atoms in total. The molecule has 1 aromatic heterocycles. The molecule has 0 unspecified atom stereocenters. The van der Waals surface area contributed by atoms with E-state index in [1.165, 1.54) is 23.3 Å². The molecule has 3 rings (SSSR count). The lowest BCUT2D eigenvalue weighted by Crippen LogP contribution is -2.61. The molecule has 0 saturated heterocycles. The number of nitrogens with one attached hydrogen (secondary N) is 4. The number of nitrogens with zero attached hydrogens (tertiary/aromatic N) is 3. The molecular weight excluding hydrogens is 776 g/mol. The molecule has 1 aromatic carbocycles. The van der Waals surface area contributed by atoms with Gasteiger partial charge in [0.15, 0.2) is 0 Å². The van der Waals surface area contributed by atoms with Gasteiger partial charge in [-0.2, -0.15) is 0 Å². The number of amides is 7. The van der Waals surface area contributed by atoms with Crippen LogP contribution in [0.5, 0.6) is 0 Å². The highest BCUT2D eigenvalue weighted by atomic mass is 32.2. The van der Waals surface area contributed by atoms with E-state index in [-0.39, 0.29) is 41.7 Å². The second-order valence-corrected chi connectivity index (χ2v) is 16.7. The monoisotopic (exact) mass is 830 g/mol.